The molecular weight excluding hydrogens is 92.1 g/mol. The van der Waals surface area contributed by atoms with E-state index in [2.05, 4.69) is 0 Å². The average Bonchev–Trinajstić information content (AvgIpc) is 2.14. The molecule has 0 aromatic carbocycles. The van der Waals surface area contributed by atoms with Crippen molar-refractivity contribution >= 4 is 5.97 Å². The van der Waals surface area contributed by atoms with Crippen LogP contribution >= 0.6 is 0 Å². The van der Waals surface area contributed by atoms with Crippen LogP contribution in [-0.4, -0.2) is 19.2 Å². The SMILES string of the molecule is CCC1=[O+]CCO1. The third-order valence-corrected chi connectivity index (χ3v) is 0.898. The van der Waals surface area contributed by atoms with Crippen molar-refractivity contribution in [3.63, 3.8) is 0 Å². The molecule has 2 heteroatoms. The Labute approximate surface area is 42.8 Å². The first-order valence-electron chi connectivity index (χ1n) is 2.55. The van der Waals surface area contributed by atoms with E-state index >= 15 is 0 Å². The largest absolute Gasteiger partial charge is 0.484 e. The van der Waals surface area contributed by atoms with Crippen LogP contribution < -0.4 is 0 Å². The Bertz CT molecular complexity index is 86.1. The van der Waals surface area contributed by atoms with Gasteiger partial charge in [0.25, 0.3) is 0 Å². The van der Waals surface area contributed by atoms with Gasteiger partial charge in [0, 0.05) is 0 Å². The maximum Gasteiger partial charge on any atom is 0.484 e. The fourth-order valence-electron chi connectivity index (χ4n) is 0.557. The van der Waals surface area contributed by atoms with E-state index in [1.807, 2.05) is 6.92 Å². The Morgan fingerprint density at radius 2 is 2.71 bits per heavy atom. The molecule has 0 aliphatic carbocycles. The van der Waals surface area contributed by atoms with E-state index in [1.54, 1.807) is 0 Å². The van der Waals surface area contributed by atoms with Gasteiger partial charge in [0.2, 0.25) is 13.2 Å². The molecule has 0 unspecified atom stereocenters. The topological polar surface area (TPSA) is 20.5 Å². The molecule has 0 aromatic heterocycles. The average molecular weight is 101 g/mol. The third kappa shape index (κ3) is 0.918. The number of rotatable bonds is 1. The molecule has 0 fully saturated rings. The first-order valence-corrected chi connectivity index (χ1v) is 2.55. The second-order valence-corrected chi connectivity index (χ2v) is 1.42. The summed E-state index contributed by atoms with van der Waals surface area (Å²) in [6, 6.07) is 0. The molecule has 40 valence electrons. The summed E-state index contributed by atoms with van der Waals surface area (Å²) in [7, 11) is 0. The van der Waals surface area contributed by atoms with Crippen molar-refractivity contribution in [2.24, 2.45) is 0 Å². The van der Waals surface area contributed by atoms with Crippen molar-refractivity contribution in [3.8, 4) is 0 Å². The highest BCUT2D eigenvalue weighted by Crippen LogP contribution is 1.91. The van der Waals surface area contributed by atoms with Crippen LogP contribution in [0.2, 0.25) is 0 Å². The van der Waals surface area contributed by atoms with Gasteiger partial charge in [-0.2, -0.15) is 0 Å². The molecule has 0 radical (unpaired) electrons. The van der Waals surface area contributed by atoms with Gasteiger partial charge in [-0.05, 0) is 6.92 Å². The fourth-order valence-corrected chi connectivity index (χ4v) is 0.557. The summed E-state index contributed by atoms with van der Waals surface area (Å²) in [5.41, 5.74) is 0. The number of hydrogen-bond donors (Lipinski definition) is 0. The standard InChI is InChI=1S/C5H9O2/c1-2-5-6-3-4-7-5/h2-4H2,1H3/q+1. The second-order valence-electron chi connectivity index (χ2n) is 1.42. The van der Waals surface area contributed by atoms with Crippen LogP contribution in [0.25, 0.3) is 0 Å². The summed E-state index contributed by atoms with van der Waals surface area (Å²) in [6.07, 6.45) is 0.889. The van der Waals surface area contributed by atoms with Crippen molar-refractivity contribution in [2.45, 2.75) is 13.3 Å². The molecule has 0 amide bonds. The van der Waals surface area contributed by atoms with Gasteiger partial charge >= 0.3 is 5.97 Å². The van der Waals surface area contributed by atoms with Gasteiger partial charge in [-0.3, -0.25) is 0 Å². The summed E-state index contributed by atoms with van der Waals surface area (Å²) < 4.78 is 9.99. The Hall–Kier alpha value is -0.530. The van der Waals surface area contributed by atoms with Gasteiger partial charge in [0.05, 0.1) is 6.42 Å². The minimum absolute atomic E-state index is 0.739. The maximum absolute atomic E-state index is 5.00. The number of ether oxygens (including phenoxy) is 1. The summed E-state index contributed by atoms with van der Waals surface area (Å²) in [4.78, 5) is 0. The van der Waals surface area contributed by atoms with E-state index in [-0.39, 0.29) is 0 Å². The predicted molar refractivity (Wildman–Crippen MR) is 26.1 cm³/mol. The predicted octanol–water partition coefficient (Wildman–Crippen LogP) is 0.489. The molecule has 1 heterocycles. The number of hydrogen-bond acceptors (Lipinski definition) is 1. The van der Waals surface area contributed by atoms with Crippen molar-refractivity contribution < 1.29 is 9.16 Å². The van der Waals surface area contributed by atoms with E-state index in [4.69, 9.17) is 9.16 Å². The molecule has 0 spiro atoms. The van der Waals surface area contributed by atoms with E-state index < -0.39 is 0 Å². The highest BCUT2D eigenvalue weighted by atomic mass is 16.6. The van der Waals surface area contributed by atoms with Crippen LogP contribution in [0.15, 0.2) is 0 Å². The number of carbonyl (C=O) groups excluding carboxylic acids is 1. The van der Waals surface area contributed by atoms with Crippen LogP contribution in [0.1, 0.15) is 13.3 Å². The van der Waals surface area contributed by atoms with Crippen LogP contribution in [0.4, 0.5) is 0 Å². The lowest BCUT2D eigenvalue weighted by molar-refractivity contribution is -0.446. The third-order valence-electron chi connectivity index (χ3n) is 0.898. The zero-order valence-corrected chi connectivity index (χ0v) is 4.44. The molecule has 0 aromatic rings. The molecule has 7 heavy (non-hydrogen) atoms. The molecule has 0 atom stereocenters. The van der Waals surface area contributed by atoms with Crippen LogP contribution in [0.5, 0.6) is 0 Å². The summed E-state index contributed by atoms with van der Waals surface area (Å²) in [5.74, 6) is 0.792. The monoisotopic (exact) mass is 101 g/mol. The Balaban J connectivity index is 2.36. The van der Waals surface area contributed by atoms with Gasteiger partial charge in [-0.1, -0.05) is 0 Å². The lowest BCUT2D eigenvalue weighted by Gasteiger charge is -1.74. The number of esters is 1. The van der Waals surface area contributed by atoms with Gasteiger partial charge in [-0.15, -0.1) is 0 Å². The zero-order chi connectivity index (χ0) is 5.11. The minimum atomic E-state index is 0.739. The Morgan fingerprint density at radius 3 is 3.00 bits per heavy atom. The highest BCUT2D eigenvalue weighted by Gasteiger charge is 2.17. The van der Waals surface area contributed by atoms with E-state index in [0.717, 1.165) is 25.6 Å². The molecule has 2 nitrogen and oxygen atoms in total. The van der Waals surface area contributed by atoms with Crippen molar-refractivity contribution in [1.82, 2.24) is 0 Å². The fraction of sp³-hybridized carbons (Fsp3) is 0.800. The van der Waals surface area contributed by atoms with Gasteiger partial charge in [-0.25, -0.2) is 0 Å². The minimum Gasteiger partial charge on any atom is -0.315 e. The molecule has 1 aliphatic heterocycles. The van der Waals surface area contributed by atoms with Crippen molar-refractivity contribution in [3.05, 3.63) is 0 Å². The lowest BCUT2D eigenvalue weighted by Crippen LogP contribution is -1.95. The van der Waals surface area contributed by atoms with E-state index in [1.165, 1.54) is 0 Å². The van der Waals surface area contributed by atoms with Gasteiger partial charge in [0.1, 0.15) is 0 Å². The summed E-state index contributed by atoms with van der Waals surface area (Å²) in [6.45, 7) is 3.49. The molecule has 0 bridgehead atoms. The van der Waals surface area contributed by atoms with E-state index in [0.29, 0.717) is 0 Å². The van der Waals surface area contributed by atoms with Gasteiger partial charge in [0.15, 0.2) is 0 Å². The molecule has 1 aliphatic rings. The van der Waals surface area contributed by atoms with Gasteiger partial charge < -0.3 is 9.16 Å². The quantitative estimate of drug-likeness (QED) is 0.347. The molecular formula is C5H9O2+. The number of cyclic esters (lactones) is 1. The lowest BCUT2D eigenvalue weighted by atomic mass is 10.5. The first-order chi connectivity index (χ1) is 3.43. The van der Waals surface area contributed by atoms with E-state index in [9.17, 15) is 0 Å². The zero-order valence-electron chi connectivity index (χ0n) is 4.44. The summed E-state index contributed by atoms with van der Waals surface area (Å²) >= 11 is 0. The van der Waals surface area contributed by atoms with Crippen LogP contribution in [0, 0.1) is 0 Å². The van der Waals surface area contributed by atoms with Crippen LogP contribution in [0.3, 0.4) is 0 Å². The maximum atomic E-state index is 5.00. The van der Waals surface area contributed by atoms with Crippen molar-refractivity contribution in [1.29, 1.82) is 0 Å². The first kappa shape index (κ1) is 4.62. The molecule has 0 N–H and O–H groups in total. The second kappa shape index (κ2) is 1.96. The Morgan fingerprint density at radius 1 is 1.86 bits per heavy atom. The Kier molecular flexibility index (Phi) is 1.29. The van der Waals surface area contributed by atoms with Crippen LogP contribution in [-0.2, 0) is 9.16 Å². The van der Waals surface area contributed by atoms with Crippen molar-refractivity contribution in [2.75, 3.05) is 13.2 Å². The molecule has 1 rings (SSSR count). The smallest absolute Gasteiger partial charge is 0.315 e. The highest BCUT2D eigenvalue weighted by molar-refractivity contribution is 5.69. The molecule has 0 saturated carbocycles. The molecule has 0 saturated heterocycles. The normalized spacial score (nSPS) is 18.7. The summed E-state index contributed by atoms with van der Waals surface area (Å²) in [5, 5.41) is 0.